The van der Waals surface area contributed by atoms with E-state index in [-0.39, 0.29) is 23.8 Å². The number of halogens is 1. The molecule has 1 amide bonds. The van der Waals surface area contributed by atoms with E-state index in [0.717, 1.165) is 21.8 Å². The summed E-state index contributed by atoms with van der Waals surface area (Å²) < 4.78 is 26.7. The van der Waals surface area contributed by atoms with Crippen molar-refractivity contribution >= 4 is 44.6 Å². The van der Waals surface area contributed by atoms with Crippen LogP contribution in [0.25, 0.3) is 0 Å². The zero-order chi connectivity index (χ0) is 26.2. The predicted octanol–water partition coefficient (Wildman–Crippen LogP) is 4.70. The second kappa shape index (κ2) is 10.6. The lowest BCUT2D eigenvalue weighted by atomic mass is 9.82. The van der Waals surface area contributed by atoms with Crippen LogP contribution in [0.5, 0.6) is 0 Å². The molecule has 2 aromatic rings. The van der Waals surface area contributed by atoms with Gasteiger partial charge in [0.15, 0.2) is 0 Å². The molecule has 3 aliphatic rings. The minimum Gasteiger partial charge on any atom is -0.385 e. The van der Waals surface area contributed by atoms with Crippen molar-refractivity contribution < 1.29 is 13.2 Å². The number of carbonyl (C=O) groups excluding carboxylic acids is 1. The normalized spacial score (nSPS) is 21.8. The highest BCUT2D eigenvalue weighted by molar-refractivity contribution is 7.89. The van der Waals surface area contributed by atoms with Crippen molar-refractivity contribution in [2.45, 2.75) is 43.9 Å². The first kappa shape index (κ1) is 26.0. The van der Waals surface area contributed by atoms with E-state index in [9.17, 15) is 13.2 Å². The molecule has 1 aromatic carbocycles. The van der Waals surface area contributed by atoms with Crippen molar-refractivity contribution in [3.8, 4) is 0 Å². The summed E-state index contributed by atoms with van der Waals surface area (Å²) in [6, 6.07) is 7.88. The van der Waals surface area contributed by atoms with Crippen molar-refractivity contribution in [1.29, 1.82) is 0 Å². The molecule has 7 nitrogen and oxygen atoms in total. The molecule has 1 aliphatic carbocycles. The Balaban J connectivity index is 1.39. The van der Waals surface area contributed by atoms with Gasteiger partial charge >= 0.3 is 0 Å². The Labute approximate surface area is 226 Å². The number of aromatic nitrogens is 1. The molecule has 2 atom stereocenters. The van der Waals surface area contributed by atoms with E-state index in [4.69, 9.17) is 11.6 Å². The van der Waals surface area contributed by atoms with Gasteiger partial charge in [0, 0.05) is 47.5 Å². The molecule has 37 heavy (non-hydrogen) atoms. The summed E-state index contributed by atoms with van der Waals surface area (Å²) >= 11 is 7.75. The number of nitrogens with zero attached hydrogens (tertiary/aromatic N) is 3. The monoisotopic (exact) mass is 556 g/mol. The fourth-order valence-corrected chi connectivity index (χ4v) is 7.21. The van der Waals surface area contributed by atoms with Gasteiger partial charge in [-0.2, -0.15) is 0 Å². The number of aliphatic imine (C=N–C) groups is 1. The molecule has 10 heteroatoms. The van der Waals surface area contributed by atoms with Gasteiger partial charge in [0.2, 0.25) is 10.0 Å². The second-order valence-corrected chi connectivity index (χ2v) is 13.6. The molecule has 0 bridgehead atoms. The third kappa shape index (κ3) is 5.50. The third-order valence-corrected chi connectivity index (χ3v) is 10.4. The van der Waals surface area contributed by atoms with Crippen LogP contribution in [0.2, 0.25) is 5.02 Å². The largest absolute Gasteiger partial charge is 0.385 e. The second-order valence-electron chi connectivity index (χ2n) is 9.72. The van der Waals surface area contributed by atoms with Crippen LogP contribution in [-0.4, -0.2) is 53.7 Å². The van der Waals surface area contributed by atoms with Gasteiger partial charge < -0.3 is 5.32 Å². The molecule has 3 heterocycles. The van der Waals surface area contributed by atoms with E-state index < -0.39 is 15.3 Å². The minimum atomic E-state index is -3.27. The average molecular weight is 557 g/mol. The Morgan fingerprint density at radius 2 is 1.86 bits per heavy atom. The lowest BCUT2D eigenvalue weighted by Gasteiger charge is -2.35. The van der Waals surface area contributed by atoms with E-state index in [1.165, 1.54) is 0 Å². The highest BCUT2D eigenvalue weighted by Crippen LogP contribution is 2.38. The van der Waals surface area contributed by atoms with E-state index in [1.54, 1.807) is 41.8 Å². The molecular formula is C27H29ClN4O3S2. The van der Waals surface area contributed by atoms with E-state index >= 15 is 0 Å². The average Bonchev–Trinajstić information content (AvgIpc) is 3.40. The first-order valence-electron chi connectivity index (χ1n) is 12.4. The van der Waals surface area contributed by atoms with Gasteiger partial charge in [0.1, 0.15) is 5.01 Å². The van der Waals surface area contributed by atoms with Crippen LogP contribution in [0.15, 0.2) is 76.4 Å². The van der Waals surface area contributed by atoms with Crippen LogP contribution in [0.4, 0.5) is 0 Å². The fraction of sp³-hybridized carbons (Fsp3) is 0.370. The number of piperidine rings is 1. The van der Waals surface area contributed by atoms with Crippen molar-refractivity contribution in [3.63, 3.8) is 0 Å². The van der Waals surface area contributed by atoms with Gasteiger partial charge in [-0.15, -0.1) is 11.3 Å². The zero-order valence-corrected chi connectivity index (χ0v) is 23.1. The number of carbonyl (C=O) groups is 1. The Morgan fingerprint density at radius 3 is 2.51 bits per heavy atom. The number of sulfonamides is 1. The number of fused-ring (bicyclic) bond motifs is 1. The van der Waals surface area contributed by atoms with Gasteiger partial charge in [-0.05, 0) is 56.0 Å². The molecule has 0 spiro atoms. The van der Waals surface area contributed by atoms with E-state index in [0.29, 0.717) is 36.7 Å². The maximum atomic E-state index is 12.6. The Morgan fingerprint density at radius 1 is 1.14 bits per heavy atom. The highest BCUT2D eigenvalue weighted by Gasteiger charge is 2.33. The number of allylic oxidation sites excluding steroid dienone is 4. The summed E-state index contributed by atoms with van der Waals surface area (Å²) in [6.45, 7) is 4.36. The standard InChI is InChI=1S/C27H29ClN4O3S2/c1-17(2)37(34,35)32-12-9-21(10-13-32)30-24-16-25(33)31-23-8-5-19(15-22(23)24)26(27-29-11-14-36-27)18-3-6-20(28)7-4-18/h3-8,11,14-17,21-22,26,30H,9-10,12-13H2,1-2H3. The number of dihydropyridines is 1. The molecule has 1 saturated heterocycles. The number of amides is 1. The first-order chi connectivity index (χ1) is 17.7. The quantitative estimate of drug-likeness (QED) is 0.534. The third-order valence-electron chi connectivity index (χ3n) is 6.99. The summed E-state index contributed by atoms with van der Waals surface area (Å²) in [5.41, 5.74) is 3.66. The molecule has 2 aliphatic heterocycles. The maximum absolute atomic E-state index is 12.6. The zero-order valence-electron chi connectivity index (χ0n) is 20.7. The van der Waals surface area contributed by atoms with Gasteiger partial charge in [-0.1, -0.05) is 35.9 Å². The van der Waals surface area contributed by atoms with Crippen LogP contribution in [0.3, 0.4) is 0 Å². The van der Waals surface area contributed by atoms with Crippen LogP contribution in [-0.2, 0) is 14.8 Å². The number of thiazole rings is 1. The summed E-state index contributed by atoms with van der Waals surface area (Å²) in [5, 5.41) is 6.75. The van der Waals surface area contributed by atoms with Gasteiger partial charge in [-0.25, -0.2) is 22.7 Å². The minimum absolute atomic E-state index is 0.0709. The van der Waals surface area contributed by atoms with Gasteiger partial charge in [-0.3, -0.25) is 4.79 Å². The Hall–Kier alpha value is -2.59. The van der Waals surface area contributed by atoms with Crippen LogP contribution in [0, 0.1) is 5.92 Å². The molecule has 1 N–H and O–H groups in total. The lowest BCUT2D eigenvalue weighted by Crippen LogP contribution is -2.47. The highest BCUT2D eigenvalue weighted by atomic mass is 35.5. The fourth-order valence-electron chi connectivity index (χ4n) is 4.98. The van der Waals surface area contributed by atoms with Crippen molar-refractivity contribution in [3.05, 3.63) is 87.0 Å². The molecule has 0 radical (unpaired) electrons. The van der Waals surface area contributed by atoms with E-state index in [2.05, 4.69) is 21.4 Å². The number of nitrogens with one attached hydrogen (secondary N) is 1. The smallest absolute Gasteiger partial charge is 0.271 e. The van der Waals surface area contributed by atoms with Gasteiger partial charge in [0.05, 0.1) is 22.8 Å². The number of hydrogen-bond donors (Lipinski definition) is 1. The topological polar surface area (TPSA) is 91.7 Å². The van der Waals surface area contributed by atoms with Crippen molar-refractivity contribution in [2.24, 2.45) is 10.9 Å². The van der Waals surface area contributed by atoms with Crippen molar-refractivity contribution in [2.75, 3.05) is 13.1 Å². The molecule has 5 rings (SSSR count). The number of hydrogen-bond acceptors (Lipinski definition) is 6. The SMILES string of the molecule is CC(C)S(=O)(=O)N1CCC(NC2=CC(=O)N=C3C=CC(C(c4ccc(Cl)cc4)c4nccs4)=CC23)CC1. The Bertz CT molecular complexity index is 1390. The van der Waals surface area contributed by atoms with Crippen molar-refractivity contribution in [1.82, 2.24) is 14.6 Å². The summed E-state index contributed by atoms with van der Waals surface area (Å²) in [7, 11) is -3.27. The lowest BCUT2D eigenvalue weighted by molar-refractivity contribution is -0.113. The van der Waals surface area contributed by atoms with Crippen LogP contribution >= 0.6 is 22.9 Å². The summed E-state index contributed by atoms with van der Waals surface area (Å²) in [4.78, 5) is 21.3. The molecule has 194 valence electrons. The number of benzene rings is 1. The predicted molar refractivity (Wildman–Crippen MR) is 148 cm³/mol. The van der Waals surface area contributed by atoms with Crippen LogP contribution in [0.1, 0.15) is 43.2 Å². The van der Waals surface area contributed by atoms with Gasteiger partial charge in [0.25, 0.3) is 5.91 Å². The maximum Gasteiger partial charge on any atom is 0.271 e. The molecule has 0 saturated carbocycles. The molecular weight excluding hydrogens is 528 g/mol. The van der Waals surface area contributed by atoms with Crippen LogP contribution < -0.4 is 5.32 Å². The molecule has 1 aromatic heterocycles. The molecule has 1 fully saturated rings. The van der Waals surface area contributed by atoms with E-state index in [1.807, 2.05) is 41.8 Å². The summed E-state index contributed by atoms with van der Waals surface area (Å²) in [6.07, 6.45) is 10.8. The first-order valence-corrected chi connectivity index (χ1v) is 15.1. The Kier molecular flexibility index (Phi) is 7.49. The molecule has 2 unspecified atom stereocenters. The number of rotatable bonds is 7. The summed E-state index contributed by atoms with van der Waals surface area (Å²) in [5.74, 6) is -0.549.